The number of carbonyl (C=O) groups excluding carboxylic acids is 4. The average Bonchev–Trinajstić information content (AvgIpc) is 0.764. The molecule has 0 bridgehead atoms. The normalized spacial score (nSPS) is 48.6. The first-order chi connectivity index (χ1) is 59.3. The van der Waals surface area contributed by atoms with Crippen LogP contribution in [0.4, 0.5) is 0 Å². The summed E-state index contributed by atoms with van der Waals surface area (Å²) in [7, 11) is -5.85. The number of rotatable bonds is 33. The highest BCUT2D eigenvalue weighted by Crippen LogP contribution is 2.41. The van der Waals surface area contributed by atoms with Gasteiger partial charge in [-0.25, -0.2) is 4.18 Å². The zero-order valence-electron chi connectivity index (χ0n) is 67.3. The highest BCUT2D eigenvalue weighted by atomic mass is 32.3. The number of amides is 4. The van der Waals surface area contributed by atoms with Gasteiger partial charge in [0.15, 0.2) is 62.9 Å². The lowest BCUT2D eigenvalue weighted by Crippen LogP contribution is -2.71. The van der Waals surface area contributed by atoms with Gasteiger partial charge in [0.1, 0.15) is 238 Å². The molecule has 126 heavy (non-hydrogen) atoms. The lowest BCUT2D eigenvalue weighted by Gasteiger charge is -2.51. The van der Waals surface area contributed by atoms with Crippen molar-refractivity contribution in [3.63, 3.8) is 0 Å². The van der Waals surface area contributed by atoms with Gasteiger partial charge < -0.3 is 244 Å². The minimum Gasteiger partial charge on any atom is -0.394 e. The van der Waals surface area contributed by atoms with Crippen LogP contribution in [-0.4, -0.2) is 536 Å². The number of aliphatic hydroxyl groups excluding tert-OH is 26. The second-order valence-electron chi connectivity index (χ2n) is 31.5. The summed E-state index contributed by atoms with van der Waals surface area (Å²) < 4.78 is 154. The molecule has 730 valence electrons. The predicted molar refractivity (Wildman–Crippen MR) is 385 cm³/mol. The van der Waals surface area contributed by atoms with Gasteiger partial charge in [-0.2, -0.15) is 8.42 Å². The van der Waals surface area contributed by atoms with Crippen LogP contribution in [0, 0.1) is 0 Å². The van der Waals surface area contributed by atoms with E-state index in [0.29, 0.717) is 0 Å². The molecule has 0 radical (unpaired) electrons. The summed E-state index contributed by atoms with van der Waals surface area (Å²) in [6.07, 6.45) is -99.6. The number of hydrogen-bond donors (Lipinski definition) is 31. The topological polar surface area (TPSA) is 881 Å². The molecular weight excluding hydrogens is 1750 g/mol. The van der Waals surface area contributed by atoms with Crippen molar-refractivity contribution in [3.05, 3.63) is 0 Å². The van der Waals surface area contributed by atoms with Crippen molar-refractivity contribution in [3.8, 4) is 0 Å². The molecule has 4 amide bonds. The summed E-state index contributed by atoms with van der Waals surface area (Å²) in [5, 5.41) is 299. The van der Waals surface area contributed by atoms with Crippen molar-refractivity contribution in [2.24, 2.45) is 0 Å². The quantitative estimate of drug-likeness (QED) is 0.0271. The Balaban J connectivity index is 1.01. The molecule has 10 aliphatic heterocycles. The SMILES string of the molecule is CC(=O)N[C@H]1[C@H](O[C@H]2[C@H](O)[C@@H](NC(C)=O)C(O)O[C@@H]2CO[C@@H]2O[C@@H](C)[C@@H](O)[C@@H](O)[C@@H]2O)O[C@H](CO)[C@@H](O[C@@H]2O[C@H](CO[C@H]3O[C@H](CO)[C@@H](O)[C@H](O)[C@@H]3O[C@@H]3O[C@H](CO)[C@@H](O)[C@H](O[C@@H]4O[C@H](CO)[C@H](O)[C@H](O)[C@H]4O)[C@H]3NC(C)=O)[C@@H](O)[C@H](O[C@H]3O[C@H](CO)[C@@H](O)[C@H](O)[C@@H]3O[C@@H]3O[C@H](CO)[C@@H](O[C@@H]4O[C@H](CO)[C@H](O)[C@H](O)[C@H]4O)[C@H](OS(=O)(=O)O)[C@H]3NC(C)=O)[C@@H]2O)[C@@H]1O. The molecule has 1 unspecified atom stereocenters. The molecule has 10 fully saturated rings. The second kappa shape index (κ2) is 44.9. The Kier molecular flexibility index (Phi) is 37.0. The van der Waals surface area contributed by atoms with Crippen LogP contribution in [0.15, 0.2) is 0 Å². The lowest BCUT2D eigenvalue weighted by molar-refractivity contribution is -0.398. The smallest absolute Gasteiger partial charge is 0.394 e. The zero-order valence-corrected chi connectivity index (χ0v) is 68.1. The van der Waals surface area contributed by atoms with Gasteiger partial charge in [0.2, 0.25) is 23.6 Å². The van der Waals surface area contributed by atoms with Crippen LogP contribution >= 0.6 is 0 Å². The first-order valence-electron chi connectivity index (χ1n) is 39.7. The molecule has 0 aliphatic carbocycles. The largest absolute Gasteiger partial charge is 0.397 e. The van der Waals surface area contributed by atoms with Crippen molar-refractivity contribution >= 4 is 34.0 Å². The molecule has 0 spiro atoms. The molecule has 58 heteroatoms. The summed E-state index contributed by atoms with van der Waals surface area (Å²) in [6, 6.07) is -8.12. The van der Waals surface area contributed by atoms with Gasteiger partial charge in [0, 0.05) is 27.7 Å². The fraction of sp³-hybridized carbons (Fsp3) is 0.941. The van der Waals surface area contributed by atoms with Crippen molar-refractivity contribution in [2.75, 3.05) is 59.5 Å². The van der Waals surface area contributed by atoms with Crippen LogP contribution in [0.3, 0.4) is 0 Å². The van der Waals surface area contributed by atoms with Gasteiger partial charge in [-0.1, -0.05) is 0 Å². The van der Waals surface area contributed by atoms with E-state index in [1.54, 1.807) is 0 Å². The fourth-order valence-corrected chi connectivity index (χ4v) is 16.5. The molecule has 31 N–H and O–H groups in total. The summed E-state index contributed by atoms with van der Waals surface area (Å²) in [4.78, 5) is 52.1. The van der Waals surface area contributed by atoms with Gasteiger partial charge in [-0.05, 0) is 6.92 Å². The molecule has 0 aromatic carbocycles. The van der Waals surface area contributed by atoms with E-state index in [1.807, 2.05) is 0 Å². The van der Waals surface area contributed by atoms with Crippen LogP contribution in [0.2, 0.25) is 0 Å². The van der Waals surface area contributed by atoms with Crippen LogP contribution in [-0.2, 0) is 124 Å². The Morgan fingerprint density at radius 1 is 0.262 bits per heavy atom. The molecule has 10 aliphatic rings. The van der Waals surface area contributed by atoms with Gasteiger partial charge in [0.25, 0.3) is 0 Å². The Labute approximate surface area is 713 Å². The standard InChI is InChI=1S/C68H114N4O53S/c1-15-33(84)42(93)47(98)63(108-15)106-14-28-52(40(91)29(59(102)109-28)69-16(2)80)118-60-30(70-17(3)81)41(92)51(25(11-78)115-60)119-66-50(101)56(122-68-58(46(97)37(88)23(9-76)114-68)124-62-32(72-19(5)83)55(125-126(103,104)105)53(26(12-79)116-62)120-64-48(99)43(94)34(85)20(6-73)111-64)39(90)27(117-66)13-107-67-57(45(96)36(87)22(8-75)113-67)123-61-31(71-18(4)82)54(38(89)24(10-77)110-61)121-65-49(100)44(95)35(86)21(7-74)112-65/h15,20-68,73-79,84-102H,6-14H2,1-5H3,(H,69,80)(H,70,81)(H,71,82)(H,72,83)(H,103,104,105)/t15-,20+,21+,22+,23+,24+,25+,26+,27+,28+,29+,30+,31+,32+,33+,34-,35-,36+,37+,38+,39+,40+,41+,42+,43-,44-,45-,46-,47-,48+,49+,50-,51+,52+,53+,54+,55+,56-,57-,58-,59?,60-,61-,62-,63+,64-,65-,66-,67-,68+/m0/s1. The molecular formula is C68H114N4O53S. The van der Waals surface area contributed by atoms with E-state index in [1.165, 1.54) is 6.92 Å². The van der Waals surface area contributed by atoms with Crippen molar-refractivity contribution in [1.29, 1.82) is 0 Å². The Bertz CT molecular complexity index is 3570. The number of aliphatic hydroxyl groups is 26. The fourth-order valence-electron chi connectivity index (χ4n) is 16.0. The molecule has 10 saturated heterocycles. The van der Waals surface area contributed by atoms with Crippen molar-refractivity contribution in [1.82, 2.24) is 21.3 Å². The summed E-state index contributed by atoms with van der Waals surface area (Å²) in [6.45, 7) is -5.68. The van der Waals surface area contributed by atoms with E-state index in [-0.39, 0.29) is 0 Å². The lowest BCUT2D eigenvalue weighted by atomic mass is 9.93. The van der Waals surface area contributed by atoms with Gasteiger partial charge >= 0.3 is 10.4 Å². The van der Waals surface area contributed by atoms with E-state index < -0.39 is 400 Å². The maximum atomic E-state index is 13.3. The highest BCUT2D eigenvalue weighted by Gasteiger charge is 2.62. The molecule has 0 saturated carbocycles. The van der Waals surface area contributed by atoms with Crippen LogP contribution < -0.4 is 21.3 Å². The first-order valence-corrected chi connectivity index (χ1v) is 41.0. The summed E-state index contributed by atoms with van der Waals surface area (Å²) in [5.74, 6) is -4.03. The van der Waals surface area contributed by atoms with E-state index in [4.69, 9.17) is 94.2 Å². The van der Waals surface area contributed by atoms with E-state index in [2.05, 4.69) is 21.3 Å². The maximum absolute atomic E-state index is 13.3. The minimum atomic E-state index is -5.85. The van der Waals surface area contributed by atoms with Crippen LogP contribution in [0.25, 0.3) is 0 Å². The molecule has 10 heterocycles. The molecule has 57 nitrogen and oxygen atoms in total. The molecule has 10 rings (SSSR count). The Hall–Kier alpha value is -4.05. The molecule has 0 aromatic heterocycles. The monoisotopic (exact) mass is 1870 g/mol. The predicted octanol–water partition coefficient (Wildman–Crippen LogP) is -21.4. The number of carbonyl (C=O) groups is 4. The molecule has 50 atom stereocenters. The Morgan fingerprint density at radius 3 is 1.06 bits per heavy atom. The van der Waals surface area contributed by atoms with E-state index >= 15 is 0 Å². The average molecular weight is 1870 g/mol. The third-order valence-corrected chi connectivity index (χ3v) is 23.1. The third-order valence-electron chi connectivity index (χ3n) is 22.6. The Morgan fingerprint density at radius 2 is 0.571 bits per heavy atom. The van der Waals surface area contributed by atoms with Crippen LogP contribution in [0.5, 0.6) is 0 Å². The second-order valence-corrected chi connectivity index (χ2v) is 32.5. The number of ether oxygens (including phenoxy) is 19. The maximum Gasteiger partial charge on any atom is 0.397 e. The van der Waals surface area contributed by atoms with Crippen LogP contribution in [0.1, 0.15) is 34.6 Å². The zero-order chi connectivity index (χ0) is 93.0. The van der Waals surface area contributed by atoms with E-state index in [0.717, 1.165) is 27.7 Å². The first kappa shape index (κ1) is 104. The number of nitrogens with one attached hydrogen (secondary N) is 4. The molecule has 0 aromatic rings. The summed E-state index contributed by atoms with van der Waals surface area (Å²) in [5.41, 5.74) is 0. The minimum absolute atomic E-state index is 0.794. The third kappa shape index (κ3) is 23.5. The van der Waals surface area contributed by atoms with Crippen molar-refractivity contribution < 1.29 is 259 Å². The van der Waals surface area contributed by atoms with E-state index in [9.17, 15) is 165 Å². The van der Waals surface area contributed by atoms with Crippen molar-refractivity contribution in [2.45, 2.75) is 341 Å². The highest BCUT2D eigenvalue weighted by molar-refractivity contribution is 7.80. The summed E-state index contributed by atoms with van der Waals surface area (Å²) >= 11 is 0. The van der Waals surface area contributed by atoms with Gasteiger partial charge in [-0.15, -0.1) is 0 Å². The van der Waals surface area contributed by atoms with Gasteiger partial charge in [0.05, 0.1) is 65.6 Å². The number of hydrogen-bond acceptors (Lipinski definition) is 52. The van der Waals surface area contributed by atoms with Gasteiger partial charge in [-0.3, -0.25) is 23.7 Å².